The Morgan fingerprint density at radius 2 is 1.61 bits per heavy atom. The minimum atomic E-state index is -0.0739. The fourth-order valence-electron chi connectivity index (χ4n) is 3.22. The summed E-state index contributed by atoms with van der Waals surface area (Å²) in [6.45, 7) is 1.99. The van der Waals surface area contributed by atoms with Crippen molar-refractivity contribution in [2.45, 2.75) is 23.7 Å². The third kappa shape index (κ3) is 5.58. The molecule has 3 aromatic carbocycles. The molecule has 5 heteroatoms. The first kappa shape index (κ1) is 20.8. The van der Waals surface area contributed by atoms with Crippen molar-refractivity contribution < 1.29 is 4.79 Å². The second kappa shape index (κ2) is 10.0. The maximum absolute atomic E-state index is 12.7. The van der Waals surface area contributed by atoms with Crippen molar-refractivity contribution >= 4 is 17.7 Å². The van der Waals surface area contributed by atoms with Gasteiger partial charge in [-0.05, 0) is 42.3 Å². The number of hydrogen-bond acceptors (Lipinski definition) is 4. The zero-order valence-corrected chi connectivity index (χ0v) is 18.0. The van der Waals surface area contributed by atoms with Gasteiger partial charge in [0.1, 0.15) is 5.03 Å². The quantitative estimate of drug-likeness (QED) is 0.373. The molecule has 1 N–H and O–H groups in total. The molecule has 0 radical (unpaired) electrons. The smallest absolute Gasteiger partial charge is 0.251 e. The van der Waals surface area contributed by atoms with Gasteiger partial charge in [-0.3, -0.25) is 4.79 Å². The van der Waals surface area contributed by atoms with Crippen molar-refractivity contribution in [1.82, 2.24) is 15.5 Å². The Balaban J connectivity index is 1.37. The third-order valence-electron chi connectivity index (χ3n) is 4.93. The molecule has 0 saturated heterocycles. The maximum Gasteiger partial charge on any atom is 0.251 e. The summed E-state index contributed by atoms with van der Waals surface area (Å²) in [6, 6.07) is 31.6. The zero-order chi connectivity index (χ0) is 21.5. The highest BCUT2D eigenvalue weighted by atomic mass is 32.2. The molecular weight excluding hydrogens is 402 g/mol. The van der Waals surface area contributed by atoms with E-state index in [9.17, 15) is 4.79 Å². The van der Waals surface area contributed by atoms with Gasteiger partial charge in [-0.2, -0.15) is 0 Å². The van der Waals surface area contributed by atoms with Gasteiger partial charge in [-0.1, -0.05) is 84.6 Å². The van der Waals surface area contributed by atoms with E-state index in [1.54, 1.807) is 11.8 Å². The van der Waals surface area contributed by atoms with Crippen molar-refractivity contribution in [2.75, 3.05) is 0 Å². The Morgan fingerprint density at radius 1 is 0.871 bits per heavy atom. The molecule has 0 spiro atoms. The minimum Gasteiger partial charge on any atom is -0.346 e. The highest BCUT2D eigenvalue weighted by Crippen LogP contribution is 2.23. The molecule has 1 unspecified atom stereocenters. The SMILES string of the molecule is CC(NC(=O)c1cccc(CSc2ccc(-c3ccccc3)nn2)c1)c1ccccc1. The van der Waals surface area contributed by atoms with E-state index < -0.39 is 0 Å². The molecule has 0 aliphatic rings. The average Bonchev–Trinajstić information content (AvgIpc) is 2.84. The molecule has 0 fully saturated rings. The Morgan fingerprint density at radius 3 is 2.32 bits per heavy atom. The highest BCUT2D eigenvalue weighted by molar-refractivity contribution is 7.98. The number of carbonyl (C=O) groups is 1. The summed E-state index contributed by atoms with van der Waals surface area (Å²) < 4.78 is 0. The third-order valence-corrected chi connectivity index (χ3v) is 5.92. The van der Waals surface area contributed by atoms with Gasteiger partial charge in [0.2, 0.25) is 0 Å². The Hall–Kier alpha value is -3.44. The average molecular weight is 426 g/mol. The van der Waals surface area contributed by atoms with Gasteiger partial charge in [-0.15, -0.1) is 10.2 Å². The van der Waals surface area contributed by atoms with E-state index in [-0.39, 0.29) is 11.9 Å². The van der Waals surface area contributed by atoms with Gasteiger partial charge in [0, 0.05) is 16.9 Å². The predicted octanol–water partition coefficient (Wildman–Crippen LogP) is 5.93. The van der Waals surface area contributed by atoms with E-state index in [2.05, 4.69) is 15.5 Å². The number of benzene rings is 3. The summed E-state index contributed by atoms with van der Waals surface area (Å²) in [5.74, 6) is 0.643. The molecule has 0 aliphatic carbocycles. The fourth-order valence-corrected chi connectivity index (χ4v) is 3.98. The molecule has 4 rings (SSSR count). The Bertz CT molecular complexity index is 1130. The van der Waals surface area contributed by atoms with E-state index in [1.165, 1.54) is 0 Å². The number of amides is 1. The molecule has 0 bridgehead atoms. The lowest BCUT2D eigenvalue weighted by molar-refractivity contribution is 0.0940. The van der Waals surface area contributed by atoms with Crippen LogP contribution in [-0.4, -0.2) is 16.1 Å². The second-order valence-electron chi connectivity index (χ2n) is 7.22. The van der Waals surface area contributed by atoms with Gasteiger partial charge in [0.15, 0.2) is 0 Å². The number of nitrogens with zero attached hydrogens (tertiary/aromatic N) is 2. The van der Waals surface area contributed by atoms with Gasteiger partial charge >= 0.3 is 0 Å². The number of rotatable bonds is 7. The van der Waals surface area contributed by atoms with Crippen LogP contribution in [0, 0.1) is 0 Å². The van der Waals surface area contributed by atoms with E-state index in [4.69, 9.17) is 0 Å². The number of thioether (sulfide) groups is 1. The summed E-state index contributed by atoms with van der Waals surface area (Å²) in [5, 5.41) is 12.6. The molecule has 4 nitrogen and oxygen atoms in total. The standard InChI is InChI=1S/C26H23N3OS/c1-19(21-10-4-2-5-11-21)27-26(30)23-14-8-9-20(17-23)18-31-25-16-15-24(28-29-25)22-12-6-3-7-13-22/h2-17,19H,18H2,1H3,(H,27,30). The number of hydrogen-bond donors (Lipinski definition) is 1. The maximum atomic E-state index is 12.7. The van der Waals surface area contributed by atoms with E-state index in [0.29, 0.717) is 11.3 Å². The van der Waals surface area contributed by atoms with Crippen LogP contribution >= 0.6 is 11.8 Å². The normalized spacial score (nSPS) is 11.6. The number of carbonyl (C=O) groups excluding carboxylic acids is 1. The second-order valence-corrected chi connectivity index (χ2v) is 8.21. The molecular formula is C26H23N3OS. The molecule has 1 aromatic heterocycles. The monoisotopic (exact) mass is 425 g/mol. The van der Waals surface area contributed by atoms with Gasteiger partial charge in [-0.25, -0.2) is 0 Å². The lowest BCUT2D eigenvalue weighted by Crippen LogP contribution is -2.26. The van der Waals surface area contributed by atoms with E-state index in [0.717, 1.165) is 27.4 Å². The van der Waals surface area contributed by atoms with Crippen molar-refractivity contribution in [3.05, 3.63) is 114 Å². The molecule has 0 aliphatic heterocycles. The first-order chi connectivity index (χ1) is 15.2. The lowest BCUT2D eigenvalue weighted by Gasteiger charge is -2.14. The van der Waals surface area contributed by atoms with Crippen LogP contribution in [0.1, 0.15) is 34.5 Å². The molecule has 1 heterocycles. The summed E-state index contributed by atoms with van der Waals surface area (Å²) in [7, 11) is 0. The van der Waals surface area contributed by atoms with Crippen LogP contribution in [0.25, 0.3) is 11.3 Å². The molecule has 1 amide bonds. The van der Waals surface area contributed by atoms with Crippen LogP contribution in [0.3, 0.4) is 0 Å². The minimum absolute atomic E-state index is 0.0508. The van der Waals surface area contributed by atoms with Gasteiger partial charge in [0.05, 0.1) is 11.7 Å². The summed E-state index contributed by atoms with van der Waals surface area (Å²) in [4.78, 5) is 12.7. The van der Waals surface area contributed by atoms with Crippen molar-refractivity contribution in [1.29, 1.82) is 0 Å². The van der Waals surface area contributed by atoms with Crippen molar-refractivity contribution in [3.63, 3.8) is 0 Å². The van der Waals surface area contributed by atoms with Crippen molar-refractivity contribution in [3.8, 4) is 11.3 Å². The highest BCUT2D eigenvalue weighted by Gasteiger charge is 2.12. The zero-order valence-electron chi connectivity index (χ0n) is 17.2. The summed E-state index contributed by atoms with van der Waals surface area (Å²) in [6.07, 6.45) is 0. The lowest BCUT2D eigenvalue weighted by atomic mass is 10.1. The first-order valence-corrected chi connectivity index (χ1v) is 11.1. The fraction of sp³-hybridized carbons (Fsp3) is 0.115. The molecule has 4 aromatic rings. The van der Waals surface area contributed by atoms with Crippen LogP contribution in [0.5, 0.6) is 0 Å². The Labute approximate surface area is 186 Å². The summed E-state index contributed by atoms with van der Waals surface area (Å²) in [5.41, 5.74) is 4.72. The Kier molecular flexibility index (Phi) is 6.75. The molecule has 31 heavy (non-hydrogen) atoms. The molecule has 1 atom stereocenters. The summed E-state index contributed by atoms with van der Waals surface area (Å²) >= 11 is 1.60. The van der Waals surface area contributed by atoms with Crippen LogP contribution in [-0.2, 0) is 5.75 Å². The van der Waals surface area contributed by atoms with Crippen LogP contribution < -0.4 is 5.32 Å². The van der Waals surface area contributed by atoms with E-state index >= 15 is 0 Å². The van der Waals surface area contributed by atoms with Crippen molar-refractivity contribution in [2.24, 2.45) is 0 Å². The molecule has 154 valence electrons. The topological polar surface area (TPSA) is 54.9 Å². The predicted molar refractivity (Wildman–Crippen MR) is 126 cm³/mol. The van der Waals surface area contributed by atoms with E-state index in [1.807, 2.05) is 104 Å². The van der Waals surface area contributed by atoms with Gasteiger partial charge in [0.25, 0.3) is 5.91 Å². The van der Waals surface area contributed by atoms with Crippen LogP contribution in [0.4, 0.5) is 0 Å². The largest absolute Gasteiger partial charge is 0.346 e. The first-order valence-electron chi connectivity index (χ1n) is 10.2. The number of aromatic nitrogens is 2. The number of nitrogens with one attached hydrogen (secondary N) is 1. The molecule has 0 saturated carbocycles. The van der Waals surface area contributed by atoms with Crippen LogP contribution in [0.2, 0.25) is 0 Å². The van der Waals surface area contributed by atoms with Crippen LogP contribution in [0.15, 0.2) is 102 Å². The van der Waals surface area contributed by atoms with Gasteiger partial charge < -0.3 is 5.32 Å².